The fraction of sp³-hybridized carbons (Fsp3) is 0. The normalized spacial score (nSPS) is 12.3. The van der Waals surface area contributed by atoms with Crippen LogP contribution in [0.15, 0.2) is 78.9 Å². The van der Waals surface area contributed by atoms with Crippen molar-refractivity contribution in [3.63, 3.8) is 0 Å². The van der Waals surface area contributed by atoms with Crippen LogP contribution in [-0.4, -0.2) is 4.40 Å². The lowest BCUT2D eigenvalue weighted by Crippen LogP contribution is -1.91. The van der Waals surface area contributed by atoms with Crippen molar-refractivity contribution >= 4 is 48.9 Å². The summed E-state index contributed by atoms with van der Waals surface area (Å²) in [6, 6.07) is 28.6. The molecule has 0 radical (unpaired) electrons. The van der Waals surface area contributed by atoms with Gasteiger partial charge in [-0.15, -0.1) is 0 Å². The van der Waals surface area contributed by atoms with E-state index in [-0.39, 0.29) is 0 Å². The Morgan fingerprint density at radius 3 is 2.00 bits per heavy atom. The molecule has 0 bridgehead atoms. The van der Waals surface area contributed by atoms with Crippen molar-refractivity contribution in [2.45, 2.75) is 0 Å². The second kappa shape index (κ2) is 3.82. The third-order valence-corrected chi connectivity index (χ3v) is 5.11. The first-order valence-corrected chi connectivity index (χ1v) is 7.98. The lowest BCUT2D eigenvalue weighted by atomic mass is 9.99. The van der Waals surface area contributed by atoms with Crippen molar-refractivity contribution in [1.82, 2.24) is 4.40 Å². The predicted octanol–water partition coefficient (Wildman–Crippen LogP) is 5.99. The van der Waals surface area contributed by atoms with Gasteiger partial charge in [-0.2, -0.15) is 0 Å². The van der Waals surface area contributed by atoms with E-state index in [4.69, 9.17) is 0 Å². The molecule has 0 atom stereocenters. The minimum atomic E-state index is 1.29. The van der Waals surface area contributed by atoms with Crippen LogP contribution >= 0.6 is 0 Å². The van der Waals surface area contributed by atoms with Crippen LogP contribution < -0.4 is 0 Å². The maximum absolute atomic E-state index is 2.44. The van der Waals surface area contributed by atoms with Gasteiger partial charge in [0, 0.05) is 21.5 Å². The molecule has 2 heterocycles. The molecular weight excluding hydrogens is 278 g/mol. The monoisotopic (exact) mass is 291 g/mol. The number of pyridine rings is 1. The summed E-state index contributed by atoms with van der Waals surface area (Å²) >= 11 is 0. The Hall–Kier alpha value is -3.06. The first kappa shape index (κ1) is 11.5. The molecule has 0 N–H and O–H groups in total. The van der Waals surface area contributed by atoms with Gasteiger partial charge in [0.05, 0.1) is 16.6 Å². The summed E-state index contributed by atoms with van der Waals surface area (Å²) in [5.41, 5.74) is 3.92. The van der Waals surface area contributed by atoms with Crippen molar-refractivity contribution in [3.8, 4) is 0 Å². The van der Waals surface area contributed by atoms with E-state index in [1.54, 1.807) is 0 Å². The van der Waals surface area contributed by atoms with E-state index in [9.17, 15) is 0 Å². The van der Waals surface area contributed by atoms with Crippen LogP contribution in [0.4, 0.5) is 0 Å². The molecule has 6 rings (SSSR count). The molecule has 0 fully saturated rings. The molecule has 23 heavy (non-hydrogen) atoms. The van der Waals surface area contributed by atoms with Crippen LogP contribution in [0.25, 0.3) is 48.9 Å². The van der Waals surface area contributed by atoms with E-state index in [2.05, 4.69) is 83.3 Å². The Morgan fingerprint density at radius 2 is 1.09 bits per heavy atom. The second-order valence-electron chi connectivity index (χ2n) is 6.24. The van der Waals surface area contributed by atoms with E-state index >= 15 is 0 Å². The van der Waals surface area contributed by atoms with Gasteiger partial charge in [0.1, 0.15) is 0 Å². The zero-order valence-corrected chi connectivity index (χ0v) is 12.5. The molecule has 0 spiro atoms. The van der Waals surface area contributed by atoms with E-state index in [0.29, 0.717) is 0 Å². The Labute approximate surface area is 132 Å². The number of fused-ring (bicyclic) bond motifs is 5. The lowest BCUT2D eigenvalue weighted by molar-refractivity contribution is 1.35. The average molecular weight is 291 g/mol. The van der Waals surface area contributed by atoms with Crippen LogP contribution in [0.3, 0.4) is 0 Å². The zero-order chi connectivity index (χ0) is 15.0. The van der Waals surface area contributed by atoms with E-state index in [1.807, 2.05) is 0 Å². The van der Waals surface area contributed by atoms with Gasteiger partial charge in [-0.3, -0.25) is 0 Å². The third-order valence-electron chi connectivity index (χ3n) is 5.11. The number of nitrogens with zero attached hydrogens (tertiary/aromatic N) is 1. The molecule has 0 unspecified atom stereocenters. The Kier molecular flexibility index (Phi) is 1.91. The van der Waals surface area contributed by atoms with Gasteiger partial charge in [0.15, 0.2) is 0 Å². The Bertz CT molecular complexity index is 1350. The molecule has 0 aliphatic rings. The van der Waals surface area contributed by atoms with Crippen LogP contribution in [0.5, 0.6) is 0 Å². The van der Waals surface area contributed by atoms with Crippen molar-refractivity contribution in [1.29, 1.82) is 0 Å². The van der Waals surface area contributed by atoms with Gasteiger partial charge >= 0.3 is 0 Å². The standard InChI is InChI=1S/C22H13N/c1-2-12-19-15(8-1)17-10-5-11-18-16-9-3-6-14-7-4-13-20(21(14)16)23(19)22(17)18/h1-13H. The SMILES string of the molecule is c1cc2cccc3c2c(c1)c1cccc2c4ccccc4n3c12. The van der Waals surface area contributed by atoms with E-state index in [0.717, 1.165) is 0 Å². The van der Waals surface area contributed by atoms with Gasteiger partial charge in [0.2, 0.25) is 0 Å². The highest BCUT2D eigenvalue weighted by molar-refractivity contribution is 6.26. The predicted molar refractivity (Wildman–Crippen MR) is 98.6 cm³/mol. The van der Waals surface area contributed by atoms with Gasteiger partial charge in [-0.05, 0) is 22.9 Å². The van der Waals surface area contributed by atoms with Gasteiger partial charge in [-0.1, -0.05) is 66.7 Å². The number of hydrogen-bond donors (Lipinski definition) is 0. The number of hydrogen-bond acceptors (Lipinski definition) is 0. The summed E-state index contributed by atoms with van der Waals surface area (Å²) in [7, 11) is 0. The van der Waals surface area contributed by atoms with E-state index < -0.39 is 0 Å². The summed E-state index contributed by atoms with van der Waals surface area (Å²) in [5, 5.41) is 8.01. The summed E-state index contributed by atoms with van der Waals surface area (Å²) in [6.07, 6.45) is 0. The largest absolute Gasteiger partial charge is 0.308 e. The molecule has 0 aliphatic carbocycles. The minimum absolute atomic E-state index is 1.29. The first-order valence-electron chi connectivity index (χ1n) is 7.98. The molecule has 2 aromatic heterocycles. The van der Waals surface area contributed by atoms with Crippen LogP contribution in [0, 0.1) is 0 Å². The molecule has 0 aliphatic heterocycles. The van der Waals surface area contributed by atoms with Crippen LogP contribution in [0.2, 0.25) is 0 Å². The fourth-order valence-corrected chi connectivity index (χ4v) is 4.22. The van der Waals surface area contributed by atoms with Gasteiger partial charge in [0.25, 0.3) is 0 Å². The average Bonchev–Trinajstić information content (AvgIpc) is 2.95. The molecule has 1 heteroatoms. The second-order valence-corrected chi connectivity index (χ2v) is 6.24. The number of benzene rings is 4. The molecule has 106 valence electrons. The molecule has 0 saturated carbocycles. The summed E-state index contributed by atoms with van der Waals surface area (Å²) in [6.45, 7) is 0. The maximum Gasteiger partial charge on any atom is 0.0619 e. The molecule has 6 aromatic rings. The highest BCUT2D eigenvalue weighted by Gasteiger charge is 2.16. The molecule has 4 aromatic carbocycles. The number of rotatable bonds is 0. The Morgan fingerprint density at radius 1 is 0.478 bits per heavy atom. The van der Waals surface area contributed by atoms with Crippen molar-refractivity contribution in [2.24, 2.45) is 0 Å². The van der Waals surface area contributed by atoms with Gasteiger partial charge < -0.3 is 4.40 Å². The third kappa shape index (κ3) is 1.25. The molecular formula is C22H13N. The van der Waals surface area contributed by atoms with Crippen molar-refractivity contribution < 1.29 is 0 Å². The first-order chi connectivity index (χ1) is 11.4. The van der Waals surface area contributed by atoms with Crippen molar-refractivity contribution in [2.75, 3.05) is 0 Å². The van der Waals surface area contributed by atoms with Crippen molar-refractivity contribution in [3.05, 3.63) is 78.9 Å². The number of aromatic nitrogens is 1. The highest BCUT2D eigenvalue weighted by Crippen LogP contribution is 2.39. The summed E-state index contributed by atoms with van der Waals surface area (Å²) in [4.78, 5) is 0. The summed E-state index contributed by atoms with van der Waals surface area (Å²) < 4.78 is 2.44. The molecule has 1 nitrogen and oxygen atoms in total. The molecule has 0 saturated heterocycles. The quantitative estimate of drug-likeness (QED) is 0.239. The van der Waals surface area contributed by atoms with Gasteiger partial charge in [-0.25, -0.2) is 0 Å². The molecule has 0 amide bonds. The van der Waals surface area contributed by atoms with Crippen LogP contribution in [0.1, 0.15) is 0 Å². The zero-order valence-electron chi connectivity index (χ0n) is 12.5. The van der Waals surface area contributed by atoms with E-state index in [1.165, 1.54) is 48.9 Å². The smallest absolute Gasteiger partial charge is 0.0619 e. The number of para-hydroxylation sites is 2. The fourth-order valence-electron chi connectivity index (χ4n) is 4.22. The topological polar surface area (TPSA) is 4.41 Å². The summed E-state index contributed by atoms with van der Waals surface area (Å²) in [5.74, 6) is 0. The Balaban J connectivity index is 2.17. The minimum Gasteiger partial charge on any atom is -0.308 e. The highest BCUT2D eigenvalue weighted by atomic mass is 14.9. The van der Waals surface area contributed by atoms with Crippen LogP contribution in [-0.2, 0) is 0 Å². The maximum atomic E-state index is 2.44. The lowest BCUT2D eigenvalue weighted by Gasteiger charge is -2.12.